The van der Waals surface area contributed by atoms with Crippen molar-refractivity contribution in [2.45, 2.75) is 52.1 Å². The maximum atomic E-state index is 4.54. The second kappa shape index (κ2) is 10.9. The summed E-state index contributed by atoms with van der Waals surface area (Å²) in [5, 5.41) is 10.4. The number of anilines is 1. The van der Waals surface area contributed by atoms with E-state index >= 15 is 0 Å². The van der Waals surface area contributed by atoms with E-state index in [0.717, 1.165) is 50.8 Å². The Morgan fingerprint density at radius 1 is 1.23 bits per heavy atom. The van der Waals surface area contributed by atoms with Crippen LogP contribution in [0.1, 0.15) is 39.2 Å². The van der Waals surface area contributed by atoms with Crippen LogP contribution in [0.15, 0.2) is 23.3 Å². The molecule has 26 heavy (non-hydrogen) atoms. The number of piperidine rings is 1. The van der Waals surface area contributed by atoms with Gasteiger partial charge in [-0.2, -0.15) is 0 Å². The largest absolute Gasteiger partial charge is 0.356 e. The zero-order valence-electron chi connectivity index (χ0n) is 16.8. The van der Waals surface area contributed by atoms with E-state index < -0.39 is 0 Å². The molecule has 3 N–H and O–H groups in total. The van der Waals surface area contributed by atoms with Crippen molar-refractivity contribution in [3.05, 3.63) is 23.9 Å². The van der Waals surface area contributed by atoms with E-state index in [1.807, 2.05) is 13.2 Å². The number of nitrogens with one attached hydrogen (secondary N) is 3. The number of aliphatic imine (C=N–C) groups is 1. The van der Waals surface area contributed by atoms with Crippen LogP contribution in [0.2, 0.25) is 0 Å². The molecule has 1 aromatic heterocycles. The van der Waals surface area contributed by atoms with Gasteiger partial charge in [0.05, 0.1) is 0 Å². The number of hydrogen-bond acceptors (Lipinski definition) is 4. The molecular formula is C19H35IN6. The smallest absolute Gasteiger partial charge is 0.191 e. The summed E-state index contributed by atoms with van der Waals surface area (Å²) >= 11 is 0. The van der Waals surface area contributed by atoms with Crippen LogP contribution in [0.4, 0.5) is 5.82 Å². The zero-order chi connectivity index (χ0) is 18.3. The predicted octanol–water partition coefficient (Wildman–Crippen LogP) is 2.53. The lowest BCUT2D eigenvalue weighted by molar-refractivity contribution is 0.426. The zero-order valence-corrected chi connectivity index (χ0v) is 19.1. The van der Waals surface area contributed by atoms with Crippen LogP contribution in [0, 0.1) is 6.92 Å². The summed E-state index contributed by atoms with van der Waals surface area (Å²) in [6.45, 7) is 12.4. The van der Waals surface area contributed by atoms with Crippen molar-refractivity contribution in [1.29, 1.82) is 0 Å². The monoisotopic (exact) mass is 474 g/mol. The van der Waals surface area contributed by atoms with Gasteiger partial charge in [-0.05, 0) is 52.2 Å². The molecule has 0 amide bonds. The molecule has 0 radical (unpaired) electrons. The van der Waals surface area contributed by atoms with E-state index in [2.05, 4.69) is 70.7 Å². The van der Waals surface area contributed by atoms with E-state index in [9.17, 15) is 0 Å². The topological polar surface area (TPSA) is 64.6 Å². The lowest BCUT2D eigenvalue weighted by Gasteiger charge is -2.34. The molecule has 1 fully saturated rings. The highest BCUT2D eigenvalue weighted by Crippen LogP contribution is 2.17. The number of pyridine rings is 1. The molecule has 1 aliphatic heterocycles. The molecule has 1 saturated heterocycles. The molecule has 0 atom stereocenters. The Kier molecular flexibility index (Phi) is 9.63. The van der Waals surface area contributed by atoms with Crippen molar-refractivity contribution >= 4 is 35.8 Å². The Hall–Kier alpha value is -1.09. The Balaban J connectivity index is 0.00000338. The van der Waals surface area contributed by atoms with Crippen LogP contribution >= 0.6 is 24.0 Å². The molecule has 2 rings (SSSR count). The number of nitrogens with zero attached hydrogens (tertiary/aromatic N) is 3. The summed E-state index contributed by atoms with van der Waals surface area (Å²) in [6, 6.07) is 4.71. The predicted molar refractivity (Wildman–Crippen MR) is 122 cm³/mol. The first-order chi connectivity index (χ1) is 11.9. The van der Waals surface area contributed by atoms with Gasteiger partial charge in [0.2, 0.25) is 0 Å². The molecule has 0 unspecified atom stereocenters. The standard InChI is InChI=1S/C19H34N6.HI/c1-15-6-7-17(22-14-15)25-12-8-16(9-13-25)24-18(20-5)21-10-11-23-19(2,3)4;/h6-7,14,16,23H,8-13H2,1-5H3,(H2,20,21,24);1H. The average Bonchev–Trinajstić information content (AvgIpc) is 2.58. The van der Waals surface area contributed by atoms with Crippen LogP contribution in [0.25, 0.3) is 0 Å². The summed E-state index contributed by atoms with van der Waals surface area (Å²) in [7, 11) is 1.83. The average molecular weight is 474 g/mol. The minimum Gasteiger partial charge on any atom is -0.356 e. The quantitative estimate of drug-likeness (QED) is 0.265. The number of halogens is 1. The van der Waals surface area contributed by atoms with Crippen molar-refractivity contribution in [2.24, 2.45) is 4.99 Å². The van der Waals surface area contributed by atoms with Gasteiger partial charge in [-0.3, -0.25) is 4.99 Å². The molecule has 0 spiro atoms. The van der Waals surface area contributed by atoms with Gasteiger partial charge >= 0.3 is 0 Å². The third-order valence-corrected chi connectivity index (χ3v) is 4.35. The van der Waals surface area contributed by atoms with Gasteiger partial charge < -0.3 is 20.9 Å². The number of aromatic nitrogens is 1. The Labute approximate surface area is 175 Å². The fourth-order valence-corrected chi connectivity index (χ4v) is 2.91. The highest BCUT2D eigenvalue weighted by Gasteiger charge is 2.20. The van der Waals surface area contributed by atoms with Gasteiger partial charge in [0.15, 0.2) is 5.96 Å². The molecule has 0 aromatic carbocycles. The number of hydrogen-bond donors (Lipinski definition) is 3. The third-order valence-electron chi connectivity index (χ3n) is 4.35. The van der Waals surface area contributed by atoms with Gasteiger partial charge in [0, 0.05) is 51.0 Å². The Bertz CT molecular complexity index is 544. The van der Waals surface area contributed by atoms with Crippen LogP contribution in [-0.4, -0.2) is 55.8 Å². The number of rotatable bonds is 5. The van der Waals surface area contributed by atoms with Crippen molar-refractivity contribution in [3.63, 3.8) is 0 Å². The fourth-order valence-electron chi connectivity index (χ4n) is 2.91. The highest BCUT2D eigenvalue weighted by molar-refractivity contribution is 14.0. The highest BCUT2D eigenvalue weighted by atomic mass is 127. The van der Waals surface area contributed by atoms with Gasteiger partial charge in [-0.15, -0.1) is 24.0 Å². The van der Waals surface area contributed by atoms with Gasteiger partial charge in [-0.25, -0.2) is 4.98 Å². The summed E-state index contributed by atoms with van der Waals surface area (Å²) in [6.07, 6.45) is 4.13. The molecule has 6 nitrogen and oxygen atoms in total. The van der Waals surface area contributed by atoms with Gasteiger partial charge in [-0.1, -0.05) is 6.07 Å². The van der Waals surface area contributed by atoms with Gasteiger partial charge in [0.25, 0.3) is 0 Å². The number of guanidine groups is 1. The van der Waals surface area contributed by atoms with Crippen molar-refractivity contribution in [2.75, 3.05) is 38.1 Å². The normalized spacial score (nSPS) is 16.2. The molecule has 0 bridgehead atoms. The van der Waals surface area contributed by atoms with Crippen molar-refractivity contribution in [1.82, 2.24) is 20.9 Å². The van der Waals surface area contributed by atoms with Crippen molar-refractivity contribution < 1.29 is 0 Å². The molecule has 1 aliphatic rings. The van der Waals surface area contributed by atoms with Gasteiger partial charge in [0.1, 0.15) is 5.82 Å². The first kappa shape index (κ1) is 23.0. The molecule has 1 aromatic rings. The van der Waals surface area contributed by atoms with Crippen LogP contribution in [0.5, 0.6) is 0 Å². The van der Waals surface area contributed by atoms with Crippen molar-refractivity contribution in [3.8, 4) is 0 Å². The molecule has 7 heteroatoms. The number of aryl methyl sites for hydroxylation is 1. The SMILES string of the molecule is CN=C(NCCNC(C)(C)C)NC1CCN(c2ccc(C)cn2)CC1.I. The molecule has 148 valence electrons. The van der Waals surface area contributed by atoms with Crippen LogP contribution in [-0.2, 0) is 0 Å². The van der Waals surface area contributed by atoms with E-state index in [1.54, 1.807) is 0 Å². The third kappa shape index (κ3) is 8.07. The molecular weight excluding hydrogens is 439 g/mol. The maximum Gasteiger partial charge on any atom is 0.191 e. The first-order valence-electron chi connectivity index (χ1n) is 9.27. The summed E-state index contributed by atoms with van der Waals surface area (Å²) in [4.78, 5) is 11.2. The minimum absolute atomic E-state index is 0. The second-order valence-electron chi connectivity index (χ2n) is 7.78. The van der Waals surface area contributed by atoms with Crippen LogP contribution in [0.3, 0.4) is 0 Å². The first-order valence-corrected chi connectivity index (χ1v) is 9.27. The lowest BCUT2D eigenvalue weighted by atomic mass is 10.1. The van der Waals surface area contributed by atoms with E-state index in [-0.39, 0.29) is 29.5 Å². The maximum absolute atomic E-state index is 4.54. The second-order valence-corrected chi connectivity index (χ2v) is 7.78. The fraction of sp³-hybridized carbons (Fsp3) is 0.684. The van der Waals surface area contributed by atoms with E-state index in [1.165, 1.54) is 5.56 Å². The molecule has 0 aliphatic carbocycles. The Morgan fingerprint density at radius 2 is 1.92 bits per heavy atom. The Morgan fingerprint density at radius 3 is 2.46 bits per heavy atom. The van der Waals surface area contributed by atoms with E-state index in [4.69, 9.17) is 0 Å². The minimum atomic E-state index is 0. The summed E-state index contributed by atoms with van der Waals surface area (Å²) in [5.74, 6) is 1.97. The lowest BCUT2D eigenvalue weighted by Crippen LogP contribution is -2.50. The van der Waals surface area contributed by atoms with Crippen LogP contribution < -0.4 is 20.9 Å². The molecule has 2 heterocycles. The molecule has 0 saturated carbocycles. The summed E-state index contributed by atoms with van der Waals surface area (Å²) < 4.78 is 0. The summed E-state index contributed by atoms with van der Waals surface area (Å²) in [5.41, 5.74) is 1.35. The van der Waals surface area contributed by atoms with E-state index in [0.29, 0.717) is 6.04 Å².